The number of ketones is 1. The summed E-state index contributed by atoms with van der Waals surface area (Å²) < 4.78 is 16.7. The predicted octanol–water partition coefficient (Wildman–Crippen LogP) is 5.69. The van der Waals surface area contributed by atoms with E-state index in [0.29, 0.717) is 28.4 Å². The van der Waals surface area contributed by atoms with Gasteiger partial charge in [0.1, 0.15) is 11.5 Å². The third kappa shape index (κ3) is 4.81. The van der Waals surface area contributed by atoms with E-state index in [4.69, 9.17) is 14.2 Å². The standard InChI is InChI=1S/C29H31NO6S/c1-29(2,3)20-15-17(12-13-21(20)34-4)25(31)23-24(19-10-7-11-22(35-5)27(19)36-6)30(28(33)26(23)32)16-18-9-8-14-37-18/h7-15,24,31H,16H2,1-6H3/b25-23+. The lowest BCUT2D eigenvalue weighted by molar-refractivity contribution is -0.140. The fourth-order valence-corrected chi connectivity index (χ4v) is 5.36. The third-order valence-electron chi connectivity index (χ3n) is 6.46. The van der Waals surface area contributed by atoms with Gasteiger partial charge in [0.05, 0.1) is 39.5 Å². The van der Waals surface area contributed by atoms with Crippen LogP contribution in [0.2, 0.25) is 0 Å². The Morgan fingerprint density at radius 2 is 1.70 bits per heavy atom. The molecule has 2 heterocycles. The number of benzene rings is 2. The number of nitrogens with zero attached hydrogens (tertiary/aromatic N) is 1. The van der Waals surface area contributed by atoms with E-state index < -0.39 is 17.7 Å². The molecule has 1 N–H and O–H groups in total. The first-order valence-corrected chi connectivity index (χ1v) is 12.7. The molecular formula is C29H31NO6S. The van der Waals surface area contributed by atoms with Crippen molar-refractivity contribution < 1.29 is 28.9 Å². The van der Waals surface area contributed by atoms with Gasteiger partial charge in [0.15, 0.2) is 11.5 Å². The van der Waals surface area contributed by atoms with Gasteiger partial charge in [0.2, 0.25) is 0 Å². The molecule has 0 bridgehead atoms. The Hall–Kier alpha value is -3.78. The molecule has 1 aliphatic heterocycles. The van der Waals surface area contributed by atoms with Crippen molar-refractivity contribution in [2.75, 3.05) is 21.3 Å². The molecule has 1 aromatic heterocycles. The van der Waals surface area contributed by atoms with E-state index in [1.165, 1.54) is 30.5 Å². The molecule has 0 saturated carbocycles. The summed E-state index contributed by atoms with van der Waals surface area (Å²) >= 11 is 1.49. The van der Waals surface area contributed by atoms with Crippen LogP contribution < -0.4 is 14.2 Å². The average molecular weight is 522 g/mol. The second-order valence-electron chi connectivity index (χ2n) is 9.75. The topological polar surface area (TPSA) is 85.3 Å². The number of likely N-dealkylation sites (tertiary alicyclic amines) is 1. The smallest absolute Gasteiger partial charge is 0.295 e. The SMILES string of the molecule is COc1ccc(/C(O)=C2\C(=O)C(=O)N(Cc3cccs3)C2c2cccc(OC)c2OC)cc1C(C)(C)C. The quantitative estimate of drug-likeness (QED) is 0.244. The lowest BCUT2D eigenvalue weighted by Gasteiger charge is -2.27. The highest BCUT2D eigenvalue weighted by atomic mass is 32.1. The Morgan fingerprint density at radius 1 is 0.973 bits per heavy atom. The maximum atomic E-state index is 13.5. The maximum absolute atomic E-state index is 13.5. The van der Waals surface area contributed by atoms with Crippen LogP contribution in [-0.2, 0) is 21.5 Å². The van der Waals surface area contributed by atoms with Crippen LogP contribution in [0.3, 0.4) is 0 Å². The van der Waals surface area contributed by atoms with Crippen LogP contribution in [0.4, 0.5) is 0 Å². The number of para-hydroxylation sites is 1. The molecule has 1 atom stereocenters. The first-order chi connectivity index (χ1) is 17.6. The number of aliphatic hydroxyl groups excluding tert-OH is 1. The molecule has 2 aromatic carbocycles. The summed E-state index contributed by atoms with van der Waals surface area (Å²) in [5.41, 5.74) is 1.54. The van der Waals surface area contributed by atoms with Gasteiger partial charge < -0.3 is 24.2 Å². The predicted molar refractivity (Wildman–Crippen MR) is 143 cm³/mol. The second kappa shape index (κ2) is 10.3. The van der Waals surface area contributed by atoms with Gasteiger partial charge in [-0.25, -0.2) is 0 Å². The van der Waals surface area contributed by atoms with E-state index in [0.717, 1.165) is 10.4 Å². The number of aliphatic hydroxyl groups is 1. The molecule has 4 rings (SSSR count). The zero-order valence-electron chi connectivity index (χ0n) is 21.8. The summed E-state index contributed by atoms with van der Waals surface area (Å²) in [4.78, 5) is 29.3. The molecule has 194 valence electrons. The Bertz CT molecular complexity index is 1350. The minimum Gasteiger partial charge on any atom is -0.507 e. The van der Waals surface area contributed by atoms with E-state index in [2.05, 4.69) is 0 Å². The Kier molecular flexibility index (Phi) is 7.32. The molecule has 1 fully saturated rings. The van der Waals surface area contributed by atoms with E-state index in [1.807, 2.05) is 38.3 Å². The van der Waals surface area contributed by atoms with E-state index in [1.54, 1.807) is 43.5 Å². The number of ether oxygens (including phenoxy) is 3. The van der Waals surface area contributed by atoms with Gasteiger partial charge in [-0.3, -0.25) is 9.59 Å². The summed E-state index contributed by atoms with van der Waals surface area (Å²) in [6.07, 6.45) is 0. The van der Waals surface area contributed by atoms with Crippen LogP contribution >= 0.6 is 11.3 Å². The Morgan fingerprint density at radius 3 is 2.30 bits per heavy atom. The van der Waals surface area contributed by atoms with Gasteiger partial charge in [-0.15, -0.1) is 11.3 Å². The van der Waals surface area contributed by atoms with Gasteiger partial charge in [0, 0.05) is 21.6 Å². The molecule has 1 saturated heterocycles. The molecule has 7 nitrogen and oxygen atoms in total. The lowest BCUT2D eigenvalue weighted by Crippen LogP contribution is -2.29. The molecule has 0 aliphatic carbocycles. The van der Waals surface area contributed by atoms with Crippen LogP contribution in [0.1, 0.15) is 48.4 Å². The molecular weight excluding hydrogens is 490 g/mol. The molecule has 1 amide bonds. The number of amides is 1. The largest absolute Gasteiger partial charge is 0.507 e. The average Bonchev–Trinajstić information content (AvgIpc) is 3.49. The first kappa shape index (κ1) is 26.3. The highest BCUT2D eigenvalue weighted by Gasteiger charge is 2.47. The van der Waals surface area contributed by atoms with Crippen molar-refractivity contribution in [1.82, 2.24) is 4.90 Å². The number of carbonyl (C=O) groups is 2. The van der Waals surface area contributed by atoms with E-state index >= 15 is 0 Å². The number of hydrogen-bond acceptors (Lipinski definition) is 7. The lowest BCUT2D eigenvalue weighted by atomic mass is 9.84. The monoisotopic (exact) mass is 521 g/mol. The van der Waals surface area contributed by atoms with Crippen molar-refractivity contribution in [3.8, 4) is 17.2 Å². The molecule has 8 heteroatoms. The second-order valence-corrected chi connectivity index (χ2v) is 10.8. The molecule has 3 aromatic rings. The Balaban J connectivity index is 1.96. The van der Waals surface area contributed by atoms with Crippen LogP contribution in [-0.4, -0.2) is 43.0 Å². The van der Waals surface area contributed by atoms with Gasteiger partial charge in [0.25, 0.3) is 11.7 Å². The van der Waals surface area contributed by atoms with Crippen LogP contribution in [0.25, 0.3) is 5.76 Å². The van der Waals surface area contributed by atoms with Crippen molar-refractivity contribution in [1.29, 1.82) is 0 Å². The summed E-state index contributed by atoms with van der Waals surface area (Å²) in [6, 6.07) is 13.5. The zero-order chi connectivity index (χ0) is 26.9. The molecule has 37 heavy (non-hydrogen) atoms. The maximum Gasteiger partial charge on any atom is 0.295 e. The molecule has 0 radical (unpaired) electrons. The summed E-state index contributed by atoms with van der Waals surface area (Å²) in [5.74, 6) is -0.167. The van der Waals surface area contributed by atoms with Gasteiger partial charge in [-0.05, 0) is 41.1 Å². The van der Waals surface area contributed by atoms with Crippen molar-refractivity contribution in [3.05, 3.63) is 81.1 Å². The van der Waals surface area contributed by atoms with Crippen LogP contribution in [0.5, 0.6) is 17.2 Å². The number of carbonyl (C=O) groups excluding carboxylic acids is 2. The molecule has 1 aliphatic rings. The van der Waals surface area contributed by atoms with Crippen molar-refractivity contribution in [2.24, 2.45) is 0 Å². The minimum atomic E-state index is -0.882. The molecule has 0 spiro atoms. The van der Waals surface area contributed by atoms with E-state index in [9.17, 15) is 14.7 Å². The van der Waals surface area contributed by atoms with Crippen molar-refractivity contribution >= 4 is 28.8 Å². The van der Waals surface area contributed by atoms with Gasteiger partial charge >= 0.3 is 0 Å². The van der Waals surface area contributed by atoms with Crippen LogP contribution in [0, 0.1) is 0 Å². The highest BCUT2D eigenvalue weighted by molar-refractivity contribution is 7.09. The Labute approximate surface area is 220 Å². The number of Topliss-reactive ketones (excluding diaryl/α,β-unsaturated/α-hetero) is 1. The van der Waals surface area contributed by atoms with Crippen molar-refractivity contribution in [2.45, 2.75) is 38.8 Å². The highest BCUT2D eigenvalue weighted by Crippen LogP contribution is 2.46. The number of rotatable bonds is 7. The zero-order valence-corrected chi connectivity index (χ0v) is 22.6. The summed E-state index contributed by atoms with van der Waals surface area (Å²) in [6.45, 7) is 6.32. The van der Waals surface area contributed by atoms with Gasteiger partial charge in [-0.2, -0.15) is 0 Å². The fourth-order valence-electron chi connectivity index (χ4n) is 4.66. The first-order valence-electron chi connectivity index (χ1n) is 11.8. The summed E-state index contributed by atoms with van der Waals surface area (Å²) in [7, 11) is 4.62. The van der Waals surface area contributed by atoms with E-state index in [-0.39, 0.29) is 23.3 Å². The van der Waals surface area contributed by atoms with Gasteiger partial charge in [-0.1, -0.05) is 39.0 Å². The third-order valence-corrected chi connectivity index (χ3v) is 7.32. The minimum absolute atomic E-state index is 0.00173. The normalized spacial score (nSPS) is 17.2. The van der Waals surface area contributed by atoms with Crippen molar-refractivity contribution in [3.63, 3.8) is 0 Å². The fraction of sp³-hybridized carbons (Fsp3) is 0.310. The molecule has 1 unspecified atom stereocenters. The number of thiophene rings is 1. The number of hydrogen-bond donors (Lipinski definition) is 1. The number of methoxy groups -OCH3 is 3. The van der Waals surface area contributed by atoms with Crippen LogP contribution in [0.15, 0.2) is 59.5 Å². The summed E-state index contributed by atoms with van der Waals surface area (Å²) in [5, 5.41) is 13.5.